The first-order chi connectivity index (χ1) is 8.34. The largest absolute Gasteiger partial charge is 0.487 e. The molecule has 1 aromatic rings. The predicted molar refractivity (Wildman–Crippen MR) is 69.7 cm³/mol. The molecule has 0 aromatic carbocycles. The lowest BCUT2D eigenvalue weighted by atomic mass is 9.90. The molecule has 1 N–H and O–H groups in total. The average molecular weight is 250 g/mol. The molecule has 1 aliphatic heterocycles. The Kier molecular flexibility index (Phi) is 3.40. The van der Waals surface area contributed by atoms with Gasteiger partial charge >= 0.3 is 7.12 Å². The number of rotatable bonds is 3. The standard InChI is InChI=1S/C13H19BO4/c1-12(2)13(3,4)18-14(17-12)8-7-10-5-6-11(9-15)16-10/h5-8,15H,9H2,1-4H3/b8-7+. The summed E-state index contributed by atoms with van der Waals surface area (Å²) in [4.78, 5) is 0. The molecule has 0 atom stereocenters. The molecule has 0 saturated carbocycles. The summed E-state index contributed by atoms with van der Waals surface area (Å²) < 4.78 is 17.0. The average Bonchev–Trinajstić information content (AvgIpc) is 2.79. The molecule has 0 unspecified atom stereocenters. The molecule has 1 aliphatic rings. The van der Waals surface area contributed by atoms with E-state index in [2.05, 4.69) is 0 Å². The Morgan fingerprint density at radius 1 is 1.17 bits per heavy atom. The molecule has 0 bridgehead atoms. The third-order valence-corrected chi connectivity index (χ3v) is 3.53. The lowest BCUT2D eigenvalue weighted by Crippen LogP contribution is -2.41. The van der Waals surface area contributed by atoms with Gasteiger partial charge in [-0.15, -0.1) is 0 Å². The zero-order chi connectivity index (χ0) is 13.4. The van der Waals surface area contributed by atoms with Crippen LogP contribution in [0.25, 0.3) is 6.08 Å². The van der Waals surface area contributed by atoms with Gasteiger partial charge in [-0.05, 0) is 45.9 Å². The van der Waals surface area contributed by atoms with Gasteiger partial charge in [-0.1, -0.05) is 5.98 Å². The summed E-state index contributed by atoms with van der Waals surface area (Å²) in [5, 5.41) is 8.90. The van der Waals surface area contributed by atoms with Crippen LogP contribution in [0.1, 0.15) is 39.2 Å². The number of hydrogen-bond acceptors (Lipinski definition) is 4. The van der Waals surface area contributed by atoms with Crippen LogP contribution >= 0.6 is 0 Å². The Morgan fingerprint density at radius 2 is 1.78 bits per heavy atom. The van der Waals surface area contributed by atoms with E-state index in [9.17, 15) is 0 Å². The van der Waals surface area contributed by atoms with Gasteiger partial charge < -0.3 is 18.8 Å². The van der Waals surface area contributed by atoms with Gasteiger partial charge in [0.1, 0.15) is 18.1 Å². The van der Waals surface area contributed by atoms with Gasteiger partial charge in [-0.25, -0.2) is 0 Å². The second-order valence-electron chi connectivity index (χ2n) is 5.45. The zero-order valence-corrected chi connectivity index (χ0v) is 11.3. The molecule has 0 radical (unpaired) electrons. The highest BCUT2D eigenvalue weighted by molar-refractivity contribution is 6.52. The second kappa shape index (κ2) is 4.57. The van der Waals surface area contributed by atoms with Crippen molar-refractivity contribution in [2.75, 3.05) is 0 Å². The molecular formula is C13H19BO4. The highest BCUT2D eigenvalue weighted by Gasteiger charge is 2.50. The normalized spacial score (nSPS) is 21.9. The van der Waals surface area contributed by atoms with Crippen molar-refractivity contribution in [3.05, 3.63) is 29.6 Å². The van der Waals surface area contributed by atoms with Gasteiger partial charge in [0.05, 0.1) is 11.2 Å². The first-order valence-corrected chi connectivity index (χ1v) is 6.07. The second-order valence-corrected chi connectivity index (χ2v) is 5.45. The highest BCUT2D eigenvalue weighted by atomic mass is 16.7. The summed E-state index contributed by atoms with van der Waals surface area (Å²) in [5.41, 5.74) is -0.664. The van der Waals surface area contributed by atoms with Crippen LogP contribution < -0.4 is 0 Å². The summed E-state index contributed by atoms with van der Waals surface area (Å²) in [6.45, 7) is 7.95. The molecule has 0 amide bonds. The van der Waals surface area contributed by atoms with Crippen LogP contribution in [0.4, 0.5) is 0 Å². The zero-order valence-electron chi connectivity index (χ0n) is 11.3. The van der Waals surface area contributed by atoms with Crippen molar-refractivity contribution in [3.63, 3.8) is 0 Å². The van der Waals surface area contributed by atoms with Gasteiger partial charge in [0.25, 0.3) is 0 Å². The quantitative estimate of drug-likeness (QED) is 0.837. The van der Waals surface area contributed by atoms with Crippen molar-refractivity contribution in [1.29, 1.82) is 0 Å². The molecule has 0 spiro atoms. The predicted octanol–water partition coefficient (Wildman–Crippen LogP) is 2.42. The van der Waals surface area contributed by atoms with E-state index in [4.69, 9.17) is 18.8 Å². The number of hydrogen-bond donors (Lipinski definition) is 1. The maximum Gasteiger partial charge on any atom is 0.487 e. The summed E-state index contributed by atoms with van der Waals surface area (Å²) in [6, 6.07) is 3.54. The number of aliphatic hydroxyl groups excluding tert-OH is 1. The third-order valence-electron chi connectivity index (χ3n) is 3.53. The Bertz CT molecular complexity index is 432. The highest BCUT2D eigenvalue weighted by Crippen LogP contribution is 2.37. The minimum Gasteiger partial charge on any atom is -0.459 e. The minimum absolute atomic E-state index is 0.0929. The topological polar surface area (TPSA) is 51.8 Å². The Labute approximate surface area is 108 Å². The maximum atomic E-state index is 8.90. The fourth-order valence-corrected chi connectivity index (χ4v) is 1.71. The van der Waals surface area contributed by atoms with E-state index < -0.39 is 0 Å². The van der Waals surface area contributed by atoms with Gasteiger partial charge in [-0.3, -0.25) is 0 Å². The Balaban J connectivity index is 2.03. The summed E-state index contributed by atoms with van der Waals surface area (Å²) in [5.74, 6) is 3.04. The van der Waals surface area contributed by atoms with Crippen molar-refractivity contribution < 1.29 is 18.8 Å². The first kappa shape index (κ1) is 13.4. The maximum absolute atomic E-state index is 8.90. The summed E-state index contributed by atoms with van der Waals surface area (Å²) in [7, 11) is -0.377. The molecular weight excluding hydrogens is 231 g/mol. The van der Waals surface area contributed by atoms with E-state index in [1.54, 1.807) is 18.2 Å². The van der Waals surface area contributed by atoms with E-state index in [1.807, 2.05) is 33.7 Å². The van der Waals surface area contributed by atoms with Crippen LogP contribution in [0.5, 0.6) is 0 Å². The molecule has 4 nitrogen and oxygen atoms in total. The molecule has 2 rings (SSSR count). The number of furan rings is 1. The summed E-state index contributed by atoms with van der Waals surface area (Å²) >= 11 is 0. The molecule has 0 aliphatic carbocycles. The third kappa shape index (κ3) is 2.53. The van der Waals surface area contributed by atoms with Crippen LogP contribution in [-0.2, 0) is 15.9 Å². The van der Waals surface area contributed by atoms with E-state index in [-0.39, 0.29) is 24.9 Å². The van der Waals surface area contributed by atoms with Crippen LogP contribution in [-0.4, -0.2) is 23.4 Å². The van der Waals surface area contributed by atoms with Gasteiger partial charge in [0.15, 0.2) is 0 Å². The van der Waals surface area contributed by atoms with E-state index >= 15 is 0 Å². The Hall–Kier alpha value is -1.04. The van der Waals surface area contributed by atoms with Crippen LogP contribution in [0.2, 0.25) is 0 Å². The number of aliphatic hydroxyl groups is 1. The molecule has 1 aromatic heterocycles. The lowest BCUT2D eigenvalue weighted by molar-refractivity contribution is 0.00578. The van der Waals surface area contributed by atoms with E-state index in [1.165, 1.54) is 0 Å². The van der Waals surface area contributed by atoms with Crippen molar-refractivity contribution in [1.82, 2.24) is 0 Å². The van der Waals surface area contributed by atoms with Gasteiger partial charge in [0.2, 0.25) is 0 Å². The molecule has 1 fully saturated rings. The molecule has 18 heavy (non-hydrogen) atoms. The van der Waals surface area contributed by atoms with Crippen molar-refractivity contribution in [2.24, 2.45) is 0 Å². The smallest absolute Gasteiger partial charge is 0.459 e. The molecule has 1 saturated heterocycles. The fourth-order valence-electron chi connectivity index (χ4n) is 1.71. The fraction of sp³-hybridized carbons (Fsp3) is 0.538. The Morgan fingerprint density at radius 3 is 2.28 bits per heavy atom. The lowest BCUT2D eigenvalue weighted by Gasteiger charge is -2.32. The SMILES string of the molecule is CC1(C)OB(/C=C/c2ccc(CO)o2)OC1(C)C. The van der Waals surface area contributed by atoms with Crippen LogP contribution in [0, 0.1) is 0 Å². The van der Waals surface area contributed by atoms with Crippen LogP contribution in [0.15, 0.2) is 22.5 Å². The monoisotopic (exact) mass is 250 g/mol. The molecule has 5 heteroatoms. The van der Waals surface area contributed by atoms with E-state index in [0.29, 0.717) is 11.5 Å². The first-order valence-electron chi connectivity index (χ1n) is 6.07. The van der Waals surface area contributed by atoms with Crippen molar-refractivity contribution >= 4 is 13.2 Å². The van der Waals surface area contributed by atoms with E-state index in [0.717, 1.165) is 0 Å². The molecule has 2 heterocycles. The van der Waals surface area contributed by atoms with Crippen molar-refractivity contribution in [2.45, 2.75) is 45.5 Å². The molecule has 98 valence electrons. The minimum atomic E-state index is -0.377. The van der Waals surface area contributed by atoms with Crippen LogP contribution in [0.3, 0.4) is 0 Å². The van der Waals surface area contributed by atoms with Gasteiger partial charge in [0, 0.05) is 0 Å². The van der Waals surface area contributed by atoms with Gasteiger partial charge in [-0.2, -0.15) is 0 Å². The summed E-state index contributed by atoms with van der Waals surface area (Å²) in [6.07, 6.45) is 1.79. The van der Waals surface area contributed by atoms with Crippen molar-refractivity contribution in [3.8, 4) is 0 Å².